The van der Waals surface area contributed by atoms with Crippen LogP contribution in [0.25, 0.3) is 0 Å². The number of nitrogens with zero attached hydrogens (tertiary/aromatic N) is 1. The zero-order valence-corrected chi connectivity index (χ0v) is 33.7. The number of phosphoric acid groups is 1. The summed E-state index contributed by atoms with van der Waals surface area (Å²) in [6, 6.07) is 0. The summed E-state index contributed by atoms with van der Waals surface area (Å²) < 4.78 is 33.8. The number of likely N-dealkylation sites (N-methyl/N-ethyl adjacent to an activating group) is 1. The van der Waals surface area contributed by atoms with Crippen molar-refractivity contribution >= 4 is 19.8 Å². The van der Waals surface area contributed by atoms with Crippen molar-refractivity contribution in [1.82, 2.24) is 0 Å². The van der Waals surface area contributed by atoms with Gasteiger partial charge in [-0.3, -0.25) is 14.2 Å². The lowest BCUT2D eigenvalue weighted by Crippen LogP contribution is -2.37. The number of quaternary nitrogens is 1. The molecule has 50 heavy (non-hydrogen) atoms. The summed E-state index contributed by atoms with van der Waals surface area (Å²) in [5, 5.41) is 0. The maximum atomic E-state index is 12.6. The van der Waals surface area contributed by atoms with E-state index in [-0.39, 0.29) is 32.0 Å². The van der Waals surface area contributed by atoms with Gasteiger partial charge in [-0.1, -0.05) is 134 Å². The Morgan fingerprint density at radius 2 is 1.08 bits per heavy atom. The first-order chi connectivity index (χ1) is 24.0. The summed E-state index contributed by atoms with van der Waals surface area (Å²) in [5.74, 6) is -0.849. The highest BCUT2D eigenvalue weighted by molar-refractivity contribution is 7.45. The number of rotatable bonds is 36. The van der Waals surface area contributed by atoms with Crippen molar-refractivity contribution in [3.63, 3.8) is 0 Å². The summed E-state index contributed by atoms with van der Waals surface area (Å²) in [5.41, 5.74) is 0. The van der Waals surface area contributed by atoms with Crippen LogP contribution in [0.5, 0.6) is 0 Å². The largest absolute Gasteiger partial charge is 0.756 e. The van der Waals surface area contributed by atoms with Gasteiger partial charge in [0, 0.05) is 12.8 Å². The lowest BCUT2D eigenvalue weighted by Gasteiger charge is -2.28. The van der Waals surface area contributed by atoms with Crippen LogP contribution in [-0.2, 0) is 32.7 Å². The summed E-state index contributed by atoms with van der Waals surface area (Å²) in [6.45, 7) is 4.17. The van der Waals surface area contributed by atoms with E-state index in [9.17, 15) is 19.0 Å². The fraction of sp³-hybridized carbons (Fsp3) is 0.850. The molecule has 0 amide bonds. The van der Waals surface area contributed by atoms with Gasteiger partial charge in [0.25, 0.3) is 7.82 Å². The molecular formula is C40H76NO8P. The van der Waals surface area contributed by atoms with E-state index in [2.05, 4.69) is 38.2 Å². The normalized spacial score (nSPS) is 14.0. The van der Waals surface area contributed by atoms with Crippen LogP contribution in [0, 0.1) is 0 Å². The summed E-state index contributed by atoms with van der Waals surface area (Å²) in [7, 11) is 1.16. The predicted molar refractivity (Wildman–Crippen MR) is 204 cm³/mol. The molecule has 0 bridgehead atoms. The van der Waals surface area contributed by atoms with Crippen molar-refractivity contribution in [2.45, 2.75) is 174 Å². The molecule has 0 spiro atoms. The second-order valence-electron chi connectivity index (χ2n) is 14.7. The molecule has 0 fully saturated rings. The Morgan fingerprint density at radius 3 is 1.62 bits per heavy atom. The minimum Gasteiger partial charge on any atom is -0.756 e. The second kappa shape index (κ2) is 33.3. The molecule has 0 aromatic rings. The van der Waals surface area contributed by atoms with Crippen molar-refractivity contribution < 1.29 is 42.1 Å². The monoisotopic (exact) mass is 730 g/mol. The van der Waals surface area contributed by atoms with E-state index in [0.717, 1.165) is 57.8 Å². The summed E-state index contributed by atoms with van der Waals surface area (Å²) in [4.78, 5) is 37.3. The quantitative estimate of drug-likeness (QED) is 0.0206. The minimum absolute atomic E-state index is 0.0322. The van der Waals surface area contributed by atoms with Crippen LogP contribution in [0.3, 0.4) is 0 Å². The topological polar surface area (TPSA) is 111 Å². The SMILES string of the molecule is CCCCCC=CCC=CCCCCCCCC(=O)OC(COC(=O)CCCCCCCCCCCCC)COP(=O)([O-])OCC[N+](C)(C)C. The number of carbonyl (C=O) groups excluding carboxylic acids is 2. The van der Waals surface area contributed by atoms with Gasteiger partial charge in [-0.05, 0) is 44.9 Å². The van der Waals surface area contributed by atoms with Crippen LogP contribution < -0.4 is 4.89 Å². The molecule has 0 N–H and O–H groups in total. The molecule has 9 nitrogen and oxygen atoms in total. The number of phosphoric ester groups is 1. The number of allylic oxidation sites excluding steroid dienone is 4. The van der Waals surface area contributed by atoms with Gasteiger partial charge in [0.15, 0.2) is 6.10 Å². The number of hydrogen-bond donors (Lipinski definition) is 0. The molecular weight excluding hydrogens is 653 g/mol. The molecule has 0 saturated heterocycles. The van der Waals surface area contributed by atoms with Gasteiger partial charge in [-0.2, -0.15) is 0 Å². The molecule has 2 unspecified atom stereocenters. The van der Waals surface area contributed by atoms with Gasteiger partial charge in [0.2, 0.25) is 0 Å². The van der Waals surface area contributed by atoms with Gasteiger partial charge in [-0.25, -0.2) is 0 Å². The first kappa shape index (κ1) is 48.5. The highest BCUT2D eigenvalue weighted by atomic mass is 31.2. The Hall–Kier alpha value is -1.51. The molecule has 0 rings (SSSR count). The Morgan fingerprint density at radius 1 is 0.620 bits per heavy atom. The van der Waals surface area contributed by atoms with E-state index in [1.807, 2.05) is 21.1 Å². The first-order valence-electron chi connectivity index (χ1n) is 20.0. The minimum atomic E-state index is -4.62. The highest BCUT2D eigenvalue weighted by Gasteiger charge is 2.21. The van der Waals surface area contributed by atoms with Crippen molar-refractivity contribution in [3.8, 4) is 0 Å². The number of esters is 2. The molecule has 0 aromatic heterocycles. The van der Waals surface area contributed by atoms with E-state index in [0.29, 0.717) is 17.4 Å². The second-order valence-corrected chi connectivity index (χ2v) is 16.1. The number of unbranched alkanes of at least 4 members (excludes halogenated alkanes) is 18. The molecule has 0 heterocycles. The Kier molecular flexibility index (Phi) is 32.3. The lowest BCUT2D eigenvalue weighted by atomic mass is 10.1. The Labute approximate surface area is 307 Å². The molecule has 0 aliphatic rings. The fourth-order valence-corrected chi connectivity index (χ4v) is 6.00. The number of ether oxygens (including phenoxy) is 2. The summed E-state index contributed by atoms with van der Waals surface area (Å²) in [6.07, 6.45) is 33.4. The third kappa shape index (κ3) is 36.3. The van der Waals surface area contributed by atoms with Crippen molar-refractivity contribution in [2.24, 2.45) is 0 Å². The highest BCUT2D eigenvalue weighted by Crippen LogP contribution is 2.38. The van der Waals surface area contributed by atoms with Crippen LogP contribution >= 0.6 is 7.82 Å². The zero-order valence-electron chi connectivity index (χ0n) is 32.8. The average molecular weight is 730 g/mol. The maximum absolute atomic E-state index is 12.6. The van der Waals surface area contributed by atoms with E-state index in [4.69, 9.17) is 18.5 Å². The predicted octanol–water partition coefficient (Wildman–Crippen LogP) is 10.2. The zero-order chi connectivity index (χ0) is 37.2. The van der Waals surface area contributed by atoms with Gasteiger partial charge in [0.05, 0.1) is 27.7 Å². The first-order valence-corrected chi connectivity index (χ1v) is 21.5. The standard InChI is InChI=1S/C40H76NO8P/c1-6-8-10-12-14-16-18-19-20-21-23-25-27-29-31-33-40(43)49-38(37-48-50(44,45)47-35-34-41(3,4)5)36-46-39(42)32-30-28-26-24-22-17-15-13-11-9-7-2/h14,16,19-20,38H,6-13,15,17-18,21-37H2,1-5H3. The molecule has 294 valence electrons. The molecule has 0 aliphatic carbocycles. The van der Waals surface area contributed by atoms with Crippen LogP contribution in [0.2, 0.25) is 0 Å². The molecule has 2 atom stereocenters. The third-order valence-electron chi connectivity index (χ3n) is 8.47. The smallest absolute Gasteiger partial charge is 0.306 e. The third-order valence-corrected chi connectivity index (χ3v) is 9.44. The van der Waals surface area contributed by atoms with E-state index in [1.54, 1.807) is 0 Å². The summed E-state index contributed by atoms with van der Waals surface area (Å²) >= 11 is 0. The maximum Gasteiger partial charge on any atom is 0.306 e. The van der Waals surface area contributed by atoms with Crippen LogP contribution in [0.15, 0.2) is 24.3 Å². The average Bonchev–Trinajstić information content (AvgIpc) is 3.06. The lowest BCUT2D eigenvalue weighted by molar-refractivity contribution is -0.870. The van der Waals surface area contributed by atoms with Crippen LogP contribution in [0.1, 0.15) is 168 Å². The van der Waals surface area contributed by atoms with Gasteiger partial charge < -0.3 is 27.9 Å². The van der Waals surface area contributed by atoms with Crippen molar-refractivity contribution in [1.29, 1.82) is 0 Å². The van der Waals surface area contributed by atoms with Gasteiger partial charge >= 0.3 is 11.9 Å². The molecule has 0 aliphatic heterocycles. The number of carbonyl (C=O) groups is 2. The van der Waals surface area contributed by atoms with Crippen molar-refractivity contribution in [3.05, 3.63) is 24.3 Å². The van der Waals surface area contributed by atoms with Crippen LogP contribution in [0.4, 0.5) is 0 Å². The fourth-order valence-electron chi connectivity index (χ4n) is 5.27. The Balaban J connectivity index is 4.44. The van der Waals surface area contributed by atoms with E-state index < -0.39 is 26.5 Å². The van der Waals surface area contributed by atoms with Crippen LogP contribution in [-0.4, -0.2) is 70.0 Å². The van der Waals surface area contributed by atoms with Crippen molar-refractivity contribution in [2.75, 3.05) is 47.5 Å². The molecule has 10 heteroatoms. The molecule has 0 saturated carbocycles. The van der Waals surface area contributed by atoms with Gasteiger partial charge in [-0.15, -0.1) is 0 Å². The Bertz CT molecular complexity index is 918. The molecule has 0 aromatic carbocycles. The molecule has 0 radical (unpaired) electrons. The number of hydrogen-bond acceptors (Lipinski definition) is 8. The van der Waals surface area contributed by atoms with E-state index >= 15 is 0 Å². The van der Waals surface area contributed by atoms with Gasteiger partial charge in [0.1, 0.15) is 19.8 Å². The van der Waals surface area contributed by atoms with E-state index in [1.165, 1.54) is 77.0 Å².